The summed E-state index contributed by atoms with van der Waals surface area (Å²) in [5, 5.41) is 5.64. The molecule has 0 radical (unpaired) electrons. The molecular formula is C30H28N4O. The second-order valence-electron chi connectivity index (χ2n) is 9.30. The molecule has 0 aliphatic carbocycles. The number of ketones is 1. The second-order valence-corrected chi connectivity index (χ2v) is 9.30. The lowest BCUT2D eigenvalue weighted by Crippen LogP contribution is -2.10. The van der Waals surface area contributed by atoms with E-state index in [9.17, 15) is 4.79 Å². The largest absolute Gasteiger partial charge is 0.299 e. The van der Waals surface area contributed by atoms with Crippen molar-refractivity contribution in [2.24, 2.45) is 0 Å². The molecule has 0 saturated carbocycles. The van der Waals surface area contributed by atoms with E-state index < -0.39 is 0 Å². The van der Waals surface area contributed by atoms with Crippen LogP contribution in [0.4, 0.5) is 0 Å². The van der Waals surface area contributed by atoms with Crippen LogP contribution in [0.2, 0.25) is 0 Å². The van der Waals surface area contributed by atoms with Crippen molar-refractivity contribution in [1.29, 1.82) is 0 Å². The fourth-order valence-corrected chi connectivity index (χ4v) is 4.36. The average molecular weight is 461 g/mol. The summed E-state index contributed by atoms with van der Waals surface area (Å²) < 4.78 is 1.78. The molecule has 35 heavy (non-hydrogen) atoms. The molecule has 0 saturated heterocycles. The number of nitrogens with zero attached hydrogens (tertiary/aromatic N) is 4. The number of carbonyl (C=O) groups excluding carboxylic acids is 1. The van der Waals surface area contributed by atoms with Gasteiger partial charge in [-0.05, 0) is 60.4 Å². The van der Waals surface area contributed by atoms with E-state index in [4.69, 9.17) is 4.98 Å². The van der Waals surface area contributed by atoms with Crippen molar-refractivity contribution >= 4 is 16.7 Å². The van der Waals surface area contributed by atoms with Crippen molar-refractivity contribution in [3.8, 4) is 17.1 Å². The molecule has 0 fully saturated rings. The highest BCUT2D eigenvalue weighted by atomic mass is 16.1. The normalized spacial score (nSPS) is 11.3. The molecule has 0 spiro atoms. The van der Waals surface area contributed by atoms with E-state index >= 15 is 0 Å². The molecule has 0 N–H and O–H groups in total. The van der Waals surface area contributed by atoms with Crippen LogP contribution in [0.25, 0.3) is 28.0 Å². The van der Waals surface area contributed by atoms with E-state index in [1.54, 1.807) is 11.0 Å². The van der Waals surface area contributed by atoms with E-state index in [2.05, 4.69) is 55.1 Å². The summed E-state index contributed by atoms with van der Waals surface area (Å²) in [4.78, 5) is 22.0. The minimum absolute atomic E-state index is 0.174. The van der Waals surface area contributed by atoms with Gasteiger partial charge in [0.25, 0.3) is 0 Å². The zero-order valence-electron chi connectivity index (χ0n) is 20.3. The molecule has 5 aromatic rings. The first kappa shape index (κ1) is 22.7. The summed E-state index contributed by atoms with van der Waals surface area (Å²) in [7, 11) is 0. The molecule has 2 aromatic heterocycles. The summed E-state index contributed by atoms with van der Waals surface area (Å²) in [5.41, 5.74) is 7.10. The maximum absolute atomic E-state index is 12.8. The summed E-state index contributed by atoms with van der Waals surface area (Å²) >= 11 is 0. The van der Waals surface area contributed by atoms with E-state index in [1.165, 1.54) is 11.1 Å². The van der Waals surface area contributed by atoms with Gasteiger partial charge in [0, 0.05) is 29.5 Å². The van der Waals surface area contributed by atoms with Gasteiger partial charge < -0.3 is 0 Å². The third-order valence-corrected chi connectivity index (χ3v) is 6.24. The molecule has 174 valence electrons. The quantitative estimate of drug-likeness (QED) is 0.287. The number of hydrogen-bond acceptors (Lipinski definition) is 4. The Kier molecular flexibility index (Phi) is 6.23. The van der Waals surface area contributed by atoms with Gasteiger partial charge in [0.1, 0.15) is 12.1 Å². The summed E-state index contributed by atoms with van der Waals surface area (Å²) in [6, 6.07) is 26.3. The lowest BCUT2D eigenvalue weighted by molar-refractivity contribution is -0.117. The second kappa shape index (κ2) is 9.63. The minimum Gasteiger partial charge on any atom is -0.299 e. The van der Waals surface area contributed by atoms with Crippen LogP contribution < -0.4 is 0 Å². The Bertz CT molecular complexity index is 1500. The highest BCUT2D eigenvalue weighted by Crippen LogP contribution is 2.23. The van der Waals surface area contributed by atoms with E-state index in [-0.39, 0.29) is 5.78 Å². The van der Waals surface area contributed by atoms with Gasteiger partial charge in [0.05, 0.1) is 11.2 Å². The number of carbonyl (C=O) groups is 1. The minimum atomic E-state index is 0.174. The number of benzene rings is 3. The van der Waals surface area contributed by atoms with Crippen LogP contribution in [0.5, 0.6) is 0 Å². The van der Waals surface area contributed by atoms with Gasteiger partial charge in [-0.1, -0.05) is 61.9 Å². The molecule has 2 heterocycles. The van der Waals surface area contributed by atoms with Crippen LogP contribution in [0.3, 0.4) is 0 Å². The Labute approximate surface area is 205 Å². The van der Waals surface area contributed by atoms with Gasteiger partial charge in [-0.25, -0.2) is 9.67 Å². The molecule has 0 aliphatic heterocycles. The van der Waals surface area contributed by atoms with Crippen molar-refractivity contribution in [3.63, 3.8) is 0 Å². The van der Waals surface area contributed by atoms with E-state index in [0.29, 0.717) is 24.6 Å². The zero-order valence-corrected chi connectivity index (χ0v) is 20.3. The van der Waals surface area contributed by atoms with Crippen molar-refractivity contribution in [2.45, 2.75) is 39.5 Å². The van der Waals surface area contributed by atoms with Gasteiger partial charge >= 0.3 is 0 Å². The Morgan fingerprint density at radius 2 is 1.71 bits per heavy atom. The molecule has 0 bridgehead atoms. The van der Waals surface area contributed by atoms with Gasteiger partial charge in [-0.15, -0.1) is 5.10 Å². The third-order valence-electron chi connectivity index (χ3n) is 6.24. The fourth-order valence-electron chi connectivity index (χ4n) is 4.36. The molecule has 0 aliphatic rings. The number of pyridine rings is 1. The standard InChI is InChI=1S/C30H28N4O/c1-20(2)28-7-5-4-6-22(28)17-27(35)18-25-12-10-23-16-24(11-15-29(23)32-25)30-31-19-34(33-30)26-13-8-21(3)9-14-26/h4-16,19-20H,17-18H2,1-3H3. The van der Waals surface area contributed by atoms with E-state index in [0.717, 1.165) is 33.4 Å². The van der Waals surface area contributed by atoms with Crippen LogP contribution in [-0.2, 0) is 17.6 Å². The first-order valence-electron chi connectivity index (χ1n) is 11.9. The first-order chi connectivity index (χ1) is 17.0. The number of hydrogen-bond donors (Lipinski definition) is 0. The van der Waals surface area contributed by atoms with Crippen LogP contribution in [0.15, 0.2) is 85.2 Å². The number of aryl methyl sites for hydroxylation is 1. The highest BCUT2D eigenvalue weighted by Gasteiger charge is 2.13. The highest BCUT2D eigenvalue weighted by molar-refractivity contribution is 5.86. The molecule has 0 amide bonds. The molecule has 5 rings (SSSR count). The Morgan fingerprint density at radius 1 is 0.914 bits per heavy atom. The predicted molar refractivity (Wildman–Crippen MR) is 140 cm³/mol. The number of aromatic nitrogens is 4. The maximum atomic E-state index is 12.8. The smallest absolute Gasteiger partial charge is 0.181 e. The molecule has 0 atom stereocenters. The fraction of sp³-hybridized carbons (Fsp3) is 0.200. The monoisotopic (exact) mass is 460 g/mol. The summed E-state index contributed by atoms with van der Waals surface area (Å²) in [6.07, 6.45) is 2.49. The molecule has 3 aromatic carbocycles. The Morgan fingerprint density at radius 3 is 2.51 bits per heavy atom. The Hall–Kier alpha value is -4.12. The molecule has 0 unspecified atom stereocenters. The molecular weight excluding hydrogens is 432 g/mol. The number of rotatable bonds is 7. The maximum Gasteiger partial charge on any atom is 0.181 e. The van der Waals surface area contributed by atoms with Crippen LogP contribution >= 0.6 is 0 Å². The first-order valence-corrected chi connectivity index (χ1v) is 11.9. The Balaban J connectivity index is 1.32. The van der Waals surface area contributed by atoms with Gasteiger partial charge in [0.15, 0.2) is 5.82 Å². The summed E-state index contributed by atoms with van der Waals surface area (Å²) in [6.45, 7) is 6.38. The van der Waals surface area contributed by atoms with Crippen LogP contribution in [0.1, 0.15) is 42.1 Å². The number of Topliss-reactive ketones (excluding diaryl/α,β-unsaturated/α-hetero) is 1. The topological polar surface area (TPSA) is 60.7 Å². The predicted octanol–water partition coefficient (Wildman–Crippen LogP) is 6.27. The van der Waals surface area contributed by atoms with Crippen molar-refractivity contribution in [3.05, 3.63) is 108 Å². The van der Waals surface area contributed by atoms with Gasteiger partial charge in [-0.2, -0.15) is 0 Å². The zero-order chi connectivity index (χ0) is 24.4. The van der Waals surface area contributed by atoms with Crippen LogP contribution in [0, 0.1) is 6.92 Å². The van der Waals surface area contributed by atoms with Crippen molar-refractivity contribution in [2.75, 3.05) is 0 Å². The lowest BCUT2D eigenvalue weighted by atomic mass is 9.93. The van der Waals surface area contributed by atoms with Gasteiger partial charge in [-0.3, -0.25) is 9.78 Å². The number of fused-ring (bicyclic) bond motifs is 1. The SMILES string of the molecule is Cc1ccc(-n2cnc(-c3ccc4nc(CC(=O)Cc5ccccc5C(C)C)ccc4c3)n2)cc1. The lowest BCUT2D eigenvalue weighted by Gasteiger charge is -2.12. The van der Waals surface area contributed by atoms with Gasteiger partial charge in [0.2, 0.25) is 0 Å². The average Bonchev–Trinajstić information content (AvgIpc) is 3.34. The van der Waals surface area contributed by atoms with E-state index in [1.807, 2.05) is 54.6 Å². The third kappa shape index (κ3) is 5.04. The summed E-state index contributed by atoms with van der Waals surface area (Å²) in [5.74, 6) is 1.23. The molecule has 5 heteroatoms. The van der Waals surface area contributed by atoms with Crippen molar-refractivity contribution in [1.82, 2.24) is 19.7 Å². The molecule has 5 nitrogen and oxygen atoms in total. The van der Waals surface area contributed by atoms with Crippen molar-refractivity contribution < 1.29 is 4.79 Å². The van der Waals surface area contributed by atoms with Crippen LogP contribution in [-0.4, -0.2) is 25.5 Å².